The molecule has 1 aromatic carbocycles. The second-order valence-corrected chi connectivity index (χ2v) is 10.5. The number of nitrogens with zero attached hydrogens (tertiary/aromatic N) is 3. The molecule has 12 heteroatoms. The van der Waals surface area contributed by atoms with E-state index in [1.807, 2.05) is 17.9 Å². The van der Waals surface area contributed by atoms with Crippen LogP contribution in [0.1, 0.15) is 44.2 Å². The summed E-state index contributed by atoms with van der Waals surface area (Å²) < 4.78 is 89.2. The fourth-order valence-electron chi connectivity index (χ4n) is 5.45. The van der Waals surface area contributed by atoms with Crippen molar-refractivity contribution in [3.05, 3.63) is 29.3 Å². The summed E-state index contributed by atoms with van der Waals surface area (Å²) in [4.78, 5) is 17.5. The molecule has 0 N–H and O–H groups in total. The monoisotopic (exact) mass is 537 g/mol. The van der Waals surface area contributed by atoms with Crippen molar-refractivity contribution in [2.24, 2.45) is 5.41 Å². The topological polar surface area (TPSA) is 45.2 Å². The number of piperidine rings is 1. The summed E-state index contributed by atoms with van der Waals surface area (Å²) in [5.41, 5.74) is 0.334. The molecule has 0 aliphatic carbocycles. The second kappa shape index (κ2) is 10.5. The van der Waals surface area contributed by atoms with Crippen LogP contribution >= 0.6 is 0 Å². The molecule has 1 aromatic rings. The van der Waals surface area contributed by atoms with Gasteiger partial charge in [-0.25, -0.2) is 4.79 Å². The number of morpholine rings is 1. The van der Waals surface area contributed by atoms with Crippen molar-refractivity contribution < 1.29 is 40.6 Å². The third kappa shape index (κ3) is 6.81. The molecule has 2 unspecified atom stereocenters. The van der Waals surface area contributed by atoms with Gasteiger partial charge in [-0.1, -0.05) is 0 Å². The van der Waals surface area contributed by atoms with Gasteiger partial charge in [0.05, 0.1) is 18.3 Å². The van der Waals surface area contributed by atoms with Crippen LogP contribution in [0.5, 0.6) is 0 Å². The first-order chi connectivity index (χ1) is 17.2. The number of amides is 1. The molecule has 3 heterocycles. The van der Waals surface area contributed by atoms with Crippen LogP contribution in [0.3, 0.4) is 0 Å². The number of benzene rings is 1. The third-order valence-electron chi connectivity index (χ3n) is 7.66. The van der Waals surface area contributed by atoms with E-state index in [4.69, 9.17) is 4.74 Å². The van der Waals surface area contributed by atoms with Gasteiger partial charge >= 0.3 is 18.4 Å². The highest BCUT2D eigenvalue weighted by molar-refractivity contribution is 5.68. The lowest BCUT2D eigenvalue weighted by molar-refractivity contribution is -0.200. The summed E-state index contributed by atoms with van der Waals surface area (Å²) in [7, 11) is 0. The SMILES string of the molecule is CC1CN(c2cc(CN3CCC4(CCN(C(=O)OC(C)C(F)(F)F)CC4)C3)cc(C(F)(F)F)c2)CCO1. The van der Waals surface area contributed by atoms with Crippen molar-refractivity contribution in [3.8, 4) is 0 Å². The maximum absolute atomic E-state index is 13.7. The van der Waals surface area contributed by atoms with Crippen molar-refractivity contribution in [3.63, 3.8) is 0 Å². The Bertz CT molecular complexity index is 962. The number of carbonyl (C=O) groups excluding carboxylic acids is 1. The molecule has 3 saturated heterocycles. The van der Waals surface area contributed by atoms with Gasteiger partial charge in [0.2, 0.25) is 0 Å². The Hall–Kier alpha value is -2.21. The van der Waals surface area contributed by atoms with Crippen molar-refractivity contribution in [2.75, 3.05) is 50.8 Å². The summed E-state index contributed by atoms with van der Waals surface area (Å²) in [5.74, 6) is 0. The molecule has 0 saturated carbocycles. The first-order valence-corrected chi connectivity index (χ1v) is 12.6. The summed E-state index contributed by atoms with van der Waals surface area (Å²) >= 11 is 0. The molecule has 3 aliphatic rings. The number of ether oxygens (including phenoxy) is 2. The minimum atomic E-state index is -4.61. The number of anilines is 1. The molecule has 6 nitrogen and oxygen atoms in total. The number of likely N-dealkylation sites (tertiary alicyclic amines) is 2. The number of rotatable bonds is 4. The molecular formula is C25H33F6N3O3. The highest BCUT2D eigenvalue weighted by Crippen LogP contribution is 2.42. The predicted molar refractivity (Wildman–Crippen MR) is 124 cm³/mol. The lowest BCUT2D eigenvalue weighted by Gasteiger charge is -2.39. The summed E-state index contributed by atoms with van der Waals surface area (Å²) in [5, 5.41) is 0. The quantitative estimate of drug-likeness (QED) is 0.488. The number of hydrogen-bond acceptors (Lipinski definition) is 5. The fraction of sp³-hybridized carbons (Fsp3) is 0.720. The van der Waals surface area contributed by atoms with Crippen LogP contribution < -0.4 is 4.90 Å². The largest absolute Gasteiger partial charge is 0.437 e. The first-order valence-electron chi connectivity index (χ1n) is 12.6. The minimum absolute atomic E-state index is 0.0648. The maximum atomic E-state index is 13.7. The molecule has 37 heavy (non-hydrogen) atoms. The van der Waals surface area contributed by atoms with Gasteiger partial charge in [-0.15, -0.1) is 0 Å². The Morgan fingerprint density at radius 1 is 1.08 bits per heavy atom. The van der Waals surface area contributed by atoms with Crippen LogP contribution in [-0.2, 0) is 22.2 Å². The summed E-state index contributed by atoms with van der Waals surface area (Å²) in [6.45, 7) is 6.52. The normalized spacial score (nSPS) is 23.9. The molecule has 1 amide bonds. The Morgan fingerprint density at radius 2 is 1.76 bits per heavy atom. The third-order valence-corrected chi connectivity index (χ3v) is 7.66. The van der Waals surface area contributed by atoms with Gasteiger partial charge < -0.3 is 19.3 Å². The molecule has 0 radical (unpaired) electrons. The van der Waals surface area contributed by atoms with Crippen LogP contribution in [0.2, 0.25) is 0 Å². The van der Waals surface area contributed by atoms with Crippen molar-refractivity contribution in [1.82, 2.24) is 9.80 Å². The molecule has 3 aliphatic heterocycles. The maximum Gasteiger partial charge on any atom is 0.425 e. The van der Waals surface area contributed by atoms with E-state index in [2.05, 4.69) is 9.64 Å². The van der Waals surface area contributed by atoms with Crippen LogP contribution in [0.25, 0.3) is 0 Å². The highest BCUT2D eigenvalue weighted by Gasteiger charge is 2.44. The first kappa shape index (κ1) is 27.8. The Morgan fingerprint density at radius 3 is 2.38 bits per heavy atom. The molecule has 1 spiro atoms. The van der Waals surface area contributed by atoms with Gasteiger partial charge in [0, 0.05) is 45.0 Å². The van der Waals surface area contributed by atoms with Gasteiger partial charge in [0.1, 0.15) is 0 Å². The van der Waals surface area contributed by atoms with E-state index in [0.717, 1.165) is 13.3 Å². The van der Waals surface area contributed by atoms with Gasteiger partial charge in [0.15, 0.2) is 6.10 Å². The average molecular weight is 538 g/mol. The highest BCUT2D eigenvalue weighted by atomic mass is 19.4. The van der Waals surface area contributed by atoms with E-state index in [-0.39, 0.29) is 11.5 Å². The standard InChI is InChI=1S/C25H33F6N3O3/c1-17-14-34(9-10-36-17)21-12-19(11-20(13-21)25(29,30)31)15-32-6-3-23(16-32)4-7-33(8-5-23)22(35)37-18(2)24(26,27)28/h11-13,17-18H,3-10,14-16H2,1-2H3. The molecule has 208 valence electrons. The lowest BCUT2D eigenvalue weighted by Crippen LogP contribution is -2.46. The number of hydrogen-bond donors (Lipinski definition) is 0. The van der Waals surface area contributed by atoms with E-state index in [0.29, 0.717) is 76.5 Å². The van der Waals surface area contributed by atoms with Crippen molar-refractivity contribution in [1.29, 1.82) is 0 Å². The van der Waals surface area contributed by atoms with E-state index < -0.39 is 30.1 Å². The molecule has 4 rings (SSSR count). The smallest absolute Gasteiger partial charge is 0.425 e. The van der Waals surface area contributed by atoms with E-state index in [9.17, 15) is 31.1 Å². The van der Waals surface area contributed by atoms with E-state index in [1.54, 1.807) is 0 Å². The number of alkyl halides is 6. The zero-order chi connectivity index (χ0) is 27.0. The molecule has 2 atom stereocenters. The number of carbonyl (C=O) groups is 1. The van der Waals surface area contributed by atoms with Crippen LogP contribution in [-0.4, -0.2) is 80.2 Å². The van der Waals surface area contributed by atoms with Gasteiger partial charge in [-0.3, -0.25) is 4.90 Å². The zero-order valence-corrected chi connectivity index (χ0v) is 21.0. The number of halogens is 6. The van der Waals surface area contributed by atoms with Gasteiger partial charge in [0.25, 0.3) is 0 Å². The lowest BCUT2D eigenvalue weighted by atomic mass is 9.78. The van der Waals surface area contributed by atoms with E-state index in [1.165, 1.54) is 17.0 Å². The van der Waals surface area contributed by atoms with Gasteiger partial charge in [-0.2, -0.15) is 26.3 Å². The minimum Gasteiger partial charge on any atom is -0.437 e. The van der Waals surface area contributed by atoms with Crippen LogP contribution in [0.15, 0.2) is 18.2 Å². The fourth-order valence-corrected chi connectivity index (χ4v) is 5.45. The van der Waals surface area contributed by atoms with Crippen LogP contribution in [0, 0.1) is 5.41 Å². The predicted octanol–water partition coefficient (Wildman–Crippen LogP) is 5.31. The van der Waals surface area contributed by atoms with Crippen molar-refractivity contribution in [2.45, 2.75) is 64.2 Å². The molecule has 0 aromatic heterocycles. The van der Waals surface area contributed by atoms with Crippen molar-refractivity contribution >= 4 is 11.8 Å². The van der Waals surface area contributed by atoms with Gasteiger partial charge in [-0.05, 0) is 68.8 Å². The Balaban J connectivity index is 1.38. The molecular weight excluding hydrogens is 504 g/mol. The Labute approximate surface area is 212 Å². The summed E-state index contributed by atoms with van der Waals surface area (Å²) in [6, 6.07) is 4.22. The average Bonchev–Trinajstić information content (AvgIpc) is 3.19. The van der Waals surface area contributed by atoms with Crippen LogP contribution in [0.4, 0.5) is 36.8 Å². The molecule has 3 fully saturated rings. The zero-order valence-electron chi connectivity index (χ0n) is 21.0. The Kier molecular flexibility index (Phi) is 7.90. The summed E-state index contributed by atoms with van der Waals surface area (Å²) in [6.07, 6.45) is -10.2. The second-order valence-electron chi connectivity index (χ2n) is 10.5. The van der Waals surface area contributed by atoms with E-state index >= 15 is 0 Å². The molecule has 0 bridgehead atoms.